The lowest BCUT2D eigenvalue weighted by Gasteiger charge is -2.36. The highest BCUT2D eigenvalue weighted by Gasteiger charge is 2.27. The van der Waals surface area contributed by atoms with Crippen molar-refractivity contribution in [2.45, 2.75) is 38.8 Å². The third-order valence-corrected chi connectivity index (χ3v) is 4.26. The first kappa shape index (κ1) is 15.8. The van der Waals surface area contributed by atoms with E-state index in [4.69, 9.17) is 9.47 Å². The molecule has 1 aromatic rings. The predicted molar refractivity (Wildman–Crippen MR) is 85.5 cm³/mol. The molecule has 2 aliphatic rings. The van der Waals surface area contributed by atoms with Crippen LogP contribution in [0.1, 0.15) is 25.8 Å². The minimum absolute atomic E-state index is 0.0161. The number of carbonyl (C=O) groups excluding carboxylic acids is 2. The molecule has 23 heavy (non-hydrogen) atoms. The molecule has 0 saturated carbocycles. The molecule has 0 radical (unpaired) electrons. The first-order chi connectivity index (χ1) is 11.0. The summed E-state index contributed by atoms with van der Waals surface area (Å²) in [7, 11) is 0. The summed E-state index contributed by atoms with van der Waals surface area (Å²) in [6, 6.07) is 5.57. The van der Waals surface area contributed by atoms with Gasteiger partial charge in [0, 0.05) is 18.7 Å². The zero-order chi connectivity index (χ0) is 16.4. The van der Waals surface area contributed by atoms with Gasteiger partial charge in [-0.1, -0.05) is 0 Å². The molecule has 124 valence electrons. The molecule has 6 nitrogen and oxygen atoms in total. The number of hydrogen-bond acceptors (Lipinski definition) is 4. The quantitative estimate of drug-likeness (QED) is 0.919. The van der Waals surface area contributed by atoms with E-state index < -0.39 is 0 Å². The Hall–Kier alpha value is -2.08. The van der Waals surface area contributed by atoms with Crippen LogP contribution in [0.4, 0.5) is 5.69 Å². The molecule has 2 atom stereocenters. The van der Waals surface area contributed by atoms with Crippen molar-refractivity contribution in [2.75, 3.05) is 25.1 Å². The third kappa shape index (κ3) is 3.64. The maximum absolute atomic E-state index is 12.3. The van der Waals surface area contributed by atoms with Gasteiger partial charge in [0.25, 0.3) is 5.91 Å². The Morgan fingerprint density at radius 2 is 2.22 bits per heavy atom. The number of carbonyl (C=O) groups is 2. The van der Waals surface area contributed by atoms with Crippen molar-refractivity contribution in [3.05, 3.63) is 23.8 Å². The number of amides is 2. The van der Waals surface area contributed by atoms with Gasteiger partial charge in [-0.3, -0.25) is 9.59 Å². The van der Waals surface area contributed by atoms with Gasteiger partial charge in [-0.25, -0.2) is 0 Å². The van der Waals surface area contributed by atoms with Gasteiger partial charge >= 0.3 is 0 Å². The highest BCUT2D eigenvalue weighted by Crippen LogP contribution is 2.26. The van der Waals surface area contributed by atoms with Gasteiger partial charge in [0.05, 0.1) is 18.8 Å². The number of morpholine rings is 1. The summed E-state index contributed by atoms with van der Waals surface area (Å²) in [4.78, 5) is 25.5. The van der Waals surface area contributed by atoms with Crippen LogP contribution in [0.5, 0.6) is 5.75 Å². The smallest absolute Gasteiger partial charge is 0.260 e. The van der Waals surface area contributed by atoms with Gasteiger partial charge in [0.15, 0.2) is 6.61 Å². The van der Waals surface area contributed by atoms with E-state index in [-0.39, 0.29) is 30.6 Å². The second kappa shape index (κ2) is 6.58. The number of nitrogens with one attached hydrogen (secondary N) is 1. The summed E-state index contributed by atoms with van der Waals surface area (Å²) < 4.78 is 11.2. The third-order valence-electron chi connectivity index (χ3n) is 4.26. The fraction of sp³-hybridized carbons (Fsp3) is 0.529. The molecule has 6 heteroatoms. The molecule has 0 spiro atoms. The van der Waals surface area contributed by atoms with Crippen molar-refractivity contribution in [1.82, 2.24) is 4.90 Å². The maximum Gasteiger partial charge on any atom is 0.260 e. The standard InChI is InChI=1S/C17H22N2O4/c1-11-9-22-12(2)8-19(11)17(21)10-23-14-4-5-15-13(7-14)3-6-16(20)18-15/h4-5,7,11-12H,3,6,8-10H2,1-2H3,(H,18,20)/t11-,12+/m1/s1. The number of fused-ring (bicyclic) bond motifs is 1. The van der Waals surface area contributed by atoms with E-state index >= 15 is 0 Å². The number of rotatable bonds is 3. The Kier molecular flexibility index (Phi) is 4.52. The van der Waals surface area contributed by atoms with E-state index in [0.29, 0.717) is 31.7 Å². The predicted octanol–water partition coefficient (Wildman–Crippen LogP) is 1.59. The number of hydrogen-bond donors (Lipinski definition) is 1. The first-order valence-electron chi connectivity index (χ1n) is 7.99. The highest BCUT2D eigenvalue weighted by molar-refractivity contribution is 5.94. The van der Waals surface area contributed by atoms with E-state index in [0.717, 1.165) is 11.3 Å². The zero-order valence-corrected chi connectivity index (χ0v) is 13.5. The Bertz CT molecular complexity index is 617. The first-order valence-corrected chi connectivity index (χ1v) is 7.99. The Morgan fingerprint density at radius 1 is 1.39 bits per heavy atom. The molecule has 1 saturated heterocycles. The van der Waals surface area contributed by atoms with Gasteiger partial charge in [-0.15, -0.1) is 0 Å². The molecule has 0 bridgehead atoms. The van der Waals surface area contributed by atoms with E-state index in [2.05, 4.69) is 5.32 Å². The average molecular weight is 318 g/mol. The van der Waals surface area contributed by atoms with Crippen molar-refractivity contribution < 1.29 is 19.1 Å². The molecule has 1 aromatic carbocycles. The Labute approximate surface area is 135 Å². The number of anilines is 1. The lowest BCUT2D eigenvalue weighted by molar-refractivity contribution is -0.145. The number of nitrogens with zero attached hydrogens (tertiary/aromatic N) is 1. The second-order valence-corrected chi connectivity index (χ2v) is 6.19. The molecular formula is C17H22N2O4. The largest absolute Gasteiger partial charge is 0.484 e. The van der Waals surface area contributed by atoms with Crippen molar-refractivity contribution in [3.8, 4) is 5.75 Å². The maximum atomic E-state index is 12.3. The molecule has 0 aliphatic carbocycles. The van der Waals surface area contributed by atoms with Crippen molar-refractivity contribution in [3.63, 3.8) is 0 Å². The van der Waals surface area contributed by atoms with Crippen LogP contribution in [0.15, 0.2) is 18.2 Å². The van der Waals surface area contributed by atoms with Crippen LogP contribution in [0.2, 0.25) is 0 Å². The molecular weight excluding hydrogens is 296 g/mol. The summed E-state index contributed by atoms with van der Waals surface area (Å²) in [5.41, 5.74) is 1.87. The van der Waals surface area contributed by atoms with Gasteiger partial charge in [0.1, 0.15) is 5.75 Å². The average Bonchev–Trinajstić information content (AvgIpc) is 2.54. The molecule has 2 aliphatic heterocycles. The summed E-state index contributed by atoms with van der Waals surface area (Å²) in [5.74, 6) is 0.664. The van der Waals surface area contributed by atoms with Crippen LogP contribution in [0, 0.1) is 0 Å². The van der Waals surface area contributed by atoms with E-state index in [1.165, 1.54) is 0 Å². The molecule has 0 aromatic heterocycles. The van der Waals surface area contributed by atoms with Crippen LogP contribution in [-0.4, -0.2) is 48.6 Å². The molecule has 1 fully saturated rings. The normalized spacial score (nSPS) is 23.9. The topological polar surface area (TPSA) is 67.9 Å². The van der Waals surface area contributed by atoms with E-state index in [9.17, 15) is 9.59 Å². The van der Waals surface area contributed by atoms with Gasteiger partial charge in [-0.05, 0) is 44.0 Å². The van der Waals surface area contributed by atoms with Gasteiger partial charge in [-0.2, -0.15) is 0 Å². The number of benzene rings is 1. The van der Waals surface area contributed by atoms with Crippen LogP contribution >= 0.6 is 0 Å². The summed E-state index contributed by atoms with van der Waals surface area (Å²) >= 11 is 0. The monoisotopic (exact) mass is 318 g/mol. The van der Waals surface area contributed by atoms with Crippen molar-refractivity contribution >= 4 is 17.5 Å². The SMILES string of the molecule is C[C@@H]1CO[C@@H](C)CN1C(=O)COc1ccc2c(c1)CCC(=O)N2. The summed E-state index contributed by atoms with van der Waals surface area (Å²) in [6.45, 7) is 5.11. The zero-order valence-electron chi connectivity index (χ0n) is 13.5. The molecule has 2 amide bonds. The summed E-state index contributed by atoms with van der Waals surface area (Å²) in [5, 5.41) is 2.83. The van der Waals surface area contributed by atoms with E-state index in [1.807, 2.05) is 30.9 Å². The van der Waals surface area contributed by atoms with Crippen molar-refractivity contribution in [1.29, 1.82) is 0 Å². The fourth-order valence-electron chi connectivity index (χ4n) is 2.93. The minimum atomic E-state index is -0.0290. The van der Waals surface area contributed by atoms with Crippen LogP contribution in [-0.2, 0) is 20.7 Å². The molecule has 1 N–H and O–H groups in total. The van der Waals surface area contributed by atoms with Crippen LogP contribution in [0.25, 0.3) is 0 Å². The lowest BCUT2D eigenvalue weighted by Crippen LogP contribution is -2.51. The Balaban J connectivity index is 1.60. The highest BCUT2D eigenvalue weighted by atomic mass is 16.5. The fourth-order valence-corrected chi connectivity index (χ4v) is 2.93. The van der Waals surface area contributed by atoms with Crippen molar-refractivity contribution in [2.24, 2.45) is 0 Å². The van der Waals surface area contributed by atoms with Crippen LogP contribution < -0.4 is 10.1 Å². The molecule has 2 heterocycles. The minimum Gasteiger partial charge on any atom is -0.484 e. The van der Waals surface area contributed by atoms with E-state index in [1.54, 1.807) is 6.07 Å². The molecule has 3 rings (SSSR count). The Morgan fingerprint density at radius 3 is 3.04 bits per heavy atom. The summed E-state index contributed by atoms with van der Waals surface area (Å²) in [6.07, 6.45) is 1.24. The van der Waals surface area contributed by atoms with Crippen LogP contribution in [0.3, 0.4) is 0 Å². The molecule has 0 unspecified atom stereocenters. The van der Waals surface area contributed by atoms with Gasteiger partial charge in [0.2, 0.25) is 5.91 Å². The number of ether oxygens (including phenoxy) is 2. The second-order valence-electron chi connectivity index (χ2n) is 6.19. The van der Waals surface area contributed by atoms with Gasteiger partial charge < -0.3 is 19.7 Å². The number of aryl methyl sites for hydroxylation is 1. The lowest BCUT2D eigenvalue weighted by atomic mass is 10.0.